The summed E-state index contributed by atoms with van der Waals surface area (Å²) in [5.41, 5.74) is 7.70. The lowest BCUT2D eigenvalue weighted by Gasteiger charge is -2.21. The number of nitrogens with one attached hydrogen (secondary N) is 3. The number of hydrogen-bond acceptors (Lipinski definition) is 5. The number of carbonyl (C=O) groups excluding carboxylic acids is 1. The smallest absolute Gasteiger partial charge is 0.323 e. The molecular formula is C30H28N6O2. The molecule has 1 aromatic heterocycles. The van der Waals surface area contributed by atoms with Crippen molar-refractivity contribution in [2.24, 2.45) is 5.92 Å². The van der Waals surface area contributed by atoms with Gasteiger partial charge in [-0.2, -0.15) is 5.21 Å². The van der Waals surface area contributed by atoms with Crippen molar-refractivity contribution in [2.45, 2.75) is 26.2 Å². The van der Waals surface area contributed by atoms with Gasteiger partial charge >= 0.3 is 6.03 Å². The first kappa shape index (κ1) is 23.7. The van der Waals surface area contributed by atoms with Crippen LogP contribution in [0.25, 0.3) is 22.5 Å². The van der Waals surface area contributed by atoms with Crippen LogP contribution < -0.4 is 15.4 Å². The average Bonchev–Trinajstić information content (AvgIpc) is 3.62. The van der Waals surface area contributed by atoms with E-state index in [4.69, 9.17) is 4.74 Å². The van der Waals surface area contributed by atoms with Crippen molar-refractivity contribution in [3.05, 3.63) is 101 Å². The first-order chi connectivity index (χ1) is 18.6. The minimum Gasteiger partial charge on any atom is -0.490 e. The fourth-order valence-corrected chi connectivity index (χ4v) is 5.25. The molecule has 190 valence electrons. The lowest BCUT2D eigenvalue weighted by atomic mass is 9.89. The van der Waals surface area contributed by atoms with Gasteiger partial charge in [-0.3, -0.25) is 0 Å². The Morgan fingerprint density at radius 1 is 1.00 bits per heavy atom. The highest BCUT2D eigenvalue weighted by Gasteiger charge is 2.30. The van der Waals surface area contributed by atoms with E-state index < -0.39 is 0 Å². The van der Waals surface area contributed by atoms with Crippen molar-refractivity contribution >= 4 is 11.7 Å². The van der Waals surface area contributed by atoms with Gasteiger partial charge < -0.3 is 15.4 Å². The van der Waals surface area contributed by atoms with E-state index in [9.17, 15) is 4.79 Å². The van der Waals surface area contributed by atoms with Crippen molar-refractivity contribution in [1.82, 2.24) is 25.9 Å². The predicted molar refractivity (Wildman–Crippen MR) is 147 cm³/mol. The van der Waals surface area contributed by atoms with Crippen LogP contribution in [-0.4, -0.2) is 33.3 Å². The van der Waals surface area contributed by atoms with E-state index in [1.165, 1.54) is 5.57 Å². The summed E-state index contributed by atoms with van der Waals surface area (Å²) in [6, 6.07) is 22.0. The quantitative estimate of drug-likeness (QED) is 0.307. The number of anilines is 1. The summed E-state index contributed by atoms with van der Waals surface area (Å²) < 4.78 is 6.21. The van der Waals surface area contributed by atoms with Crippen molar-refractivity contribution in [2.75, 3.05) is 11.9 Å². The van der Waals surface area contributed by atoms with Crippen LogP contribution in [0.15, 0.2) is 90.2 Å². The highest BCUT2D eigenvalue weighted by Crippen LogP contribution is 2.46. The van der Waals surface area contributed by atoms with Gasteiger partial charge in [0.1, 0.15) is 5.75 Å². The monoisotopic (exact) mass is 504 g/mol. The summed E-state index contributed by atoms with van der Waals surface area (Å²) in [6.07, 6.45) is 4.95. The van der Waals surface area contributed by atoms with Crippen LogP contribution in [0.1, 0.15) is 37.3 Å². The maximum Gasteiger partial charge on any atom is 0.323 e. The number of urea groups is 1. The van der Waals surface area contributed by atoms with E-state index in [-0.39, 0.29) is 17.9 Å². The second-order valence-corrected chi connectivity index (χ2v) is 9.82. The van der Waals surface area contributed by atoms with Gasteiger partial charge in [-0.25, -0.2) is 4.79 Å². The van der Waals surface area contributed by atoms with Crippen LogP contribution in [0, 0.1) is 5.92 Å². The summed E-state index contributed by atoms with van der Waals surface area (Å²) in [7, 11) is 0. The Kier molecular flexibility index (Phi) is 6.21. The molecule has 2 amide bonds. The standard InChI is InChI=1S/C30H28N6O2/c1-18-12-13-26(19(2)14-18)31-30(37)32-27-16-21(22-10-6-7-11-23(22)29-33-35-36-34-29)15-24-25(17-38-28(24)27)20-8-4-3-5-9-20/h3-13,15-16,19,25H,14,17H2,1-2H3,(H2,31,32,37)(H,33,34,35,36). The number of nitrogens with zero attached hydrogens (tertiary/aromatic N) is 3. The molecule has 1 aliphatic carbocycles. The molecule has 2 aliphatic rings. The van der Waals surface area contributed by atoms with Gasteiger partial charge in [-0.05, 0) is 53.5 Å². The zero-order valence-electron chi connectivity index (χ0n) is 21.2. The van der Waals surface area contributed by atoms with E-state index in [0.717, 1.165) is 39.9 Å². The van der Waals surface area contributed by atoms with E-state index in [0.29, 0.717) is 23.9 Å². The van der Waals surface area contributed by atoms with E-state index >= 15 is 0 Å². The SMILES string of the molecule is CC1=CC=C(NC(=O)Nc2cc(-c3ccccc3-c3nn[nH]n3)cc3c2OCC3c2ccccc2)C(C)C1. The Bertz CT molecular complexity index is 1540. The summed E-state index contributed by atoms with van der Waals surface area (Å²) in [4.78, 5) is 13.2. The minimum atomic E-state index is -0.298. The second-order valence-electron chi connectivity index (χ2n) is 9.82. The molecule has 0 saturated carbocycles. The van der Waals surface area contributed by atoms with E-state index in [1.54, 1.807) is 0 Å². The summed E-state index contributed by atoms with van der Waals surface area (Å²) >= 11 is 0. The minimum absolute atomic E-state index is 0.0429. The van der Waals surface area contributed by atoms with Crippen molar-refractivity contribution in [3.8, 4) is 28.3 Å². The molecule has 2 heterocycles. The van der Waals surface area contributed by atoms with Crippen molar-refractivity contribution in [3.63, 3.8) is 0 Å². The maximum absolute atomic E-state index is 13.2. The number of aromatic amines is 1. The van der Waals surface area contributed by atoms with E-state index in [2.05, 4.69) is 69.4 Å². The van der Waals surface area contributed by atoms with Crippen LogP contribution in [0.5, 0.6) is 5.75 Å². The predicted octanol–water partition coefficient (Wildman–Crippen LogP) is 6.05. The van der Waals surface area contributed by atoms with Gasteiger partial charge in [0, 0.05) is 28.7 Å². The van der Waals surface area contributed by atoms with Gasteiger partial charge in [0.25, 0.3) is 0 Å². The van der Waals surface area contributed by atoms with Crippen LogP contribution in [0.3, 0.4) is 0 Å². The van der Waals surface area contributed by atoms with E-state index in [1.807, 2.05) is 54.6 Å². The third kappa shape index (κ3) is 4.56. The van der Waals surface area contributed by atoms with Gasteiger partial charge in [0.05, 0.1) is 12.3 Å². The highest BCUT2D eigenvalue weighted by molar-refractivity contribution is 5.95. The maximum atomic E-state index is 13.2. The molecule has 6 rings (SSSR count). The molecule has 2 unspecified atom stereocenters. The van der Waals surface area contributed by atoms with Crippen LogP contribution in [0.4, 0.5) is 10.5 Å². The molecule has 3 aromatic carbocycles. The molecule has 1 aliphatic heterocycles. The normalized spacial score (nSPS) is 18.2. The number of hydrogen-bond donors (Lipinski definition) is 3. The Morgan fingerprint density at radius 2 is 1.79 bits per heavy atom. The molecule has 0 fully saturated rings. The van der Waals surface area contributed by atoms with Crippen LogP contribution >= 0.6 is 0 Å². The first-order valence-corrected chi connectivity index (χ1v) is 12.7. The number of carbonyl (C=O) groups is 1. The fraction of sp³-hybridized carbons (Fsp3) is 0.200. The number of H-pyrrole nitrogens is 1. The number of rotatable bonds is 5. The van der Waals surface area contributed by atoms with Crippen molar-refractivity contribution < 1.29 is 9.53 Å². The summed E-state index contributed by atoms with van der Waals surface area (Å²) in [5, 5.41) is 20.8. The molecule has 38 heavy (non-hydrogen) atoms. The molecule has 2 atom stereocenters. The third-order valence-electron chi connectivity index (χ3n) is 7.13. The van der Waals surface area contributed by atoms with Crippen molar-refractivity contribution in [1.29, 1.82) is 0 Å². The summed E-state index contributed by atoms with van der Waals surface area (Å²) in [5.74, 6) is 1.48. The molecule has 8 nitrogen and oxygen atoms in total. The largest absolute Gasteiger partial charge is 0.490 e. The number of tetrazole rings is 1. The van der Waals surface area contributed by atoms with Gasteiger partial charge in [-0.1, -0.05) is 73.2 Å². The molecule has 0 bridgehead atoms. The Hall–Kier alpha value is -4.72. The number of aromatic nitrogens is 4. The molecule has 8 heteroatoms. The average molecular weight is 505 g/mol. The first-order valence-electron chi connectivity index (χ1n) is 12.7. The molecule has 4 aromatic rings. The van der Waals surface area contributed by atoms with Gasteiger partial charge in [-0.15, -0.1) is 10.2 Å². The number of benzene rings is 3. The number of allylic oxidation sites excluding steroid dienone is 4. The molecule has 3 N–H and O–H groups in total. The number of ether oxygens (including phenoxy) is 1. The zero-order chi connectivity index (χ0) is 26.1. The molecule has 0 spiro atoms. The lowest BCUT2D eigenvalue weighted by molar-refractivity contribution is 0.253. The Balaban J connectivity index is 1.41. The van der Waals surface area contributed by atoms with Crippen LogP contribution in [-0.2, 0) is 0 Å². The highest BCUT2D eigenvalue weighted by atomic mass is 16.5. The van der Waals surface area contributed by atoms with Gasteiger partial charge in [0.15, 0.2) is 0 Å². The molecular weight excluding hydrogens is 476 g/mol. The van der Waals surface area contributed by atoms with Gasteiger partial charge in [0.2, 0.25) is 5.82 Å². The number of amides is 2. The third-order valence-corrected chi connectivity index (χ3v) is 7.13. The fourth-order valence-electron chi connectivity index (χ4n) is 5.25. The molecule has 0 saturated heterocycles. The van der Waals surface area contributed by atoms with Crippen LogP contribution in [0.2, 0.25) is 0 Å². The summed E-state index contributed by atoms with van der Waals surface area (Å²) in [6.45, 7) is 4.72. The Morgan fingerprint density at radius 3 is 2.55 bits per heavy atom. The second kappa shape index (κ2) is 9.97. The molecule has 0 radical (unpaired) electrons. The zero-order valence-corrected chi connectivity index (χ0v) is 21.2. The number of fused-ring (bicyclic) bond motifs is 1. The Labute approximate surface area is 220 Å². The lowest BCUT2D eigenvalue weighted by Crippen LogP contribution is -2.31. The topological polar surface area (TPSA) is 105 Å².